The number of thiocarbonyl (C=S) groups is 1. The van der Waals surface area contributed by atoms with Crippen molar-refractivity contribution < 1.29 is 9.53 Å². The van der Waals surface area contributed by atoms with Gasteiger partial charge in [-0.1, -0.05) is 6.07 Å². The second-order valence-corrected chi connectivity index (χ2v) is 8.52. The van der Waals surface area contributed by atoms with Crippen LogP contribution in [-0.2, 0) is 9.53 Å². The fourth-order valence-corrected chi connectivity index (χ4v) is 4.84. The predicted octanol–water partition coefficient (Wildman–Crippen LogP) is 3.83. The van der Waals surface area contributed by atoms with Gasteiger partial charge in [0, 0.05) is 24.0 Å². The van der Waals surface area contributed by atoms with Crippen LogP contribution >= 0.6 is 39.5 Å². The van der Waals surface area contributed by atoms with Crippen LogP contribution in [0.3, 0.4) is 0 Å². The lowest BCUT2D eigenvalue weighted by Gasteiger charge is -2.26. The van der Waals surface area contributed by atoms with Crippen LogP contribution in [-0.4, -0.2) is 34.6 Å². The van der Waals surface area contributed by atoms with Gasteiger partial charge in [0.1, 0.15) is 0 Å². The van der Waals surface area contributed by atoms with E-state index in [-0.39, 0.29) is 18.1 Å². The maximum absolute atomic E-state index is 11.4. The average molecular weight is 440 g/mol. The number of esters is 1. The fraction of sp³-hybridized carbons (Fsp3) is 0.353. The summed E-state index contributed by atoms with van der Waals surface area (Å²) in [5, 5.41) is 4.09. The molecule has 0 aromatic carbocycles. The van der Waals surface area contributed by atoms with Crippen molar-refractivity contribution in [1.82, 2.24) is 15.2 Å². The van der Waals surface area contributed by atoms with Crippen LogP contribution in [0.4, 0.5) is 0 Å². The van der Waals surface area contributed by atoms with Crippen molar-refractivity contribution >= 4 is 50.6 Å². The summed E-state index contributed by atoms with van der Waals surface area (Å²) in [7, 11) is 1.41. The third-order valence-electron chi connectivity index (χ3n) is 4.09. The van der Waals surface area contributed by atoms with E-state index in [1.165, 1.54) is 12.0 Å². The van der Waals surface area contributed by atoms with E-state index in [1.807, 2.05) is 24.3 Å². The Bertz CT molecular complexity index is 753. The molecule has 1 aliphatic rings. The van der Waals surface area contributed by atoms with Gasteiger partial charge < -0.3 is 15.0 Å². The van der Waals surface area contributed by atoms with Crippen molar-refractivity contribution in [3.05, 3.63) is 50.9 Å². The minimum Gasteiger partial charge on any atom is -0.469 e. The van der Waals surface area contributed by atoms with Crippen LogP contribution < -0.4 is 5.32 Å². The summed E-state index contributed by atoms with van der Waals surface area (Å²) in [5.41, 5.74) is 0.954. The topological polar surface area (TPSA) is 54.5 Å². The molecule has 132 valence electrons. The predicted molar refractivity (Wildman–Crippen MR) is 105 cm³/mol. The Kier molecular flexibility index (Phi) is 6.03. The Hall–Kier alpha value is -1.51. The van der Waals surface area contributed by atoms with Crippen molar-refractivity contribution in [2.45, 2.75) is 24.9 Å². The molecule has 0 amide bonds. The molecule has 25 heavy (non-hydrogen) atoms. The van der Waals surface area contributed by atoms with Gasteiger partial charge in [-0.15, -0.1) is 11.3 Å². The third kappa shape index (κ3) is 4.19. The van der Waals surface area contributed by atoms with Crippen LogP contribution in [0.25, 0.3) is 0 Å². The number of methoxy groups -OCH3 is 1. The van der Waals surface area contributed by atoms with Gasteiger partial charge in [-0.25, -0.2) is 0 Å². The molecule has 1 saturated heterocycles. The molecule has 1 fully saturated rings. The molecular formula is C17H18BrN3O2S2. The van der Waals surface area contributed by atoms with Crippen LogP contribution in [0.1, 0.15) is 35.5 Å². The van der Waals surface area contributed by atoms with Gasteiger partial charge in [0.2, 0.25) is 0 Å². The first-order chi connectivity index (χ1) is 12.1. The molecule has 1 N–H and O–H groups in total. The lowest BCUT2D eigenvalue weighted by Crippen LogP contribution is -2.30. The quantitative estimate of drug-likeness (QED) is 0.545. The largest absolute Gasteiger partial charge is 0.469 e. The second kappa shape index (κ2) is 8.25. The summed E-state index contributed by atoms with van der Waals surface area (Å²) in [6.45, 7) is 0.685. The SMILES string of the molecule is COC(=O)CCCN1C(=S)N[C@@H](c2ccccn2)[C@H]1c1ccc(Br)s1. The zero-order valence-electron chi connectivity index (χ0n) is 13.6. The van der Waals surface area contributed by atoms with Crippen molar-refractivity contribution in [1.29, 1.82) is 0 Å². The van der Waals surface area contributed by atoms with Gasteiger partial charge in [0.25, 0.3) is 0 Å². The Morgan fingerprint density at radius 2 is 2.28 bits per heavy atom. The molecule has 2 aromatic rings. The molecule has 3 rings (SSSR count). The average Bonchev–Trinajstić information content (AvgIpc) is 3.19. The normalized spacial score (nSPS) is 19.8. The van der Waals surface area contributed by atoms with Crippen LogP contribution in [0.2, 0.25) is 0 Å². The highest BCUT2D eigenvalue weighted by Crippen LogP contribution is 2.42. The Balaban J connectivity index is 1.85. The molecule has 0 radical (unpaired) electrons. The Labute approximate surface area is 164 Å². The highest BCUT2D eigenvalue weighted by atomic mass is 79.9. The van der Waals surface area contributed by atoms with Crippen LogP contribution in [0.15, 0.2) is 40.3 Å². The van der Waals surface area contributed by atoms with E-state index < -0.39 is 0 Å². The number of thiophene rings is 1. The number of nitrogens with one attached hydrogen (secondary N) is 1. The van der Waals surface area contributed by atoms with Crippen LogP contribution in [0, 0.1) is 0 Å². The highest BCUT2D eigenvalue weighted by molar-refractivity contribution is 9.11. The summed E-state index contributed by atoms with van der Waals surface area (Å²) in [4.78, 5) is 19.3. The fourth-order valence-electron chi connectivity index (χ4n) is 2.94. The molecule has 0 unspecified atom stereocenters. The molecular weight excluding hydrogens is 422 g/mol. The number of carbonyl (C=O) groups excluding carboxylic acids is 1. The van der Waals surface area contributed by atoms with E-state index in [0.717, 1.165) is 9.48 Å². The van der Waals surface area contributed by atoms with Crippen LogP contribution in [0.5, 0.6) is 0 Å². The van der Waals surface area contributed by atoms with Gasteiger partial charge in [0.05, 0.1) is 28.7 Å². The van der Waals surface area contributed by atoms with Crippen molar-refractivity contribution in [2.24, 2.45) is 0 Å². The standard InChI is InChI=1S/C17H18BrN3O2S2/c1-23-14(22)6-4-10-21-16(12-7-8-13(18)25-12)15(20-17(21)24)11-5-2-3-9-19-11/h2-3,5,7-9,15-16H,4,6,10H2,1H3,(H,20,24)/t15-,16+/m0/s1. The number of hydrogen-bond donors (Lipinski definition) is 1. The van der Waals surface area contributed by atoms with E-state index in [9.17, 15) is 4.79 Å². The first kappa shape index (κ1) is 18.3. The number of carbonyl (C=O) groups is 1. The first-order valence-corrected chi connectivity index (χ1v) is 9.92. The summed E-state index contributed by atoms with van der Waals surface area (Å²) < 4.78 is 5.81. The Morgan fingerprint density at radius 3 is 2.92 bits per heavy atom. The summed E-state index contributed by atoms with van der Waals surface area (Å²) in [6, 6.07) is 10.1. The number of halogens is 1. The summed E-state index contributed by atoms with van der Waals surface area (Å²) >= 11 is 10.8. The number of aromatic nitrogens is 1. The van der Waals surface area contributed by atoms with Gasteiger partial charge in [-0.3, -0.25) is 9.78 Å². The number of ether oxygens (including phenoxy) is 1. The lowest BCUT2D eigenvalue weighted by atomic mass is 10.0. The minimum atomic E-state index is -0.199. The van der Waals surface area contributed by atoms with Crippen molar-refractivity contribution in [3.8, 4) is 0 Å². The first-order valence-electron chi connectivity index (χ1n) is 7.90. The van der Waals surface area contributed by atoms with E-state index in [4.69, 9.17) is 17.0 Å². The third-order valence-corrected chi connectivity index (χ3v) is 6.14. The summed E-state index contributed by atoms with van der Waals surface area (Å²) in [5.74, 6) is -0.199. The number of hydrogen-bond acceptors (Lipinski definition) is 5. The van der Waals surface area contributed by atoms with Gasteiger partial charge in [-0.2, -0.15) is 0 Å². The van der Waals surface area contributed by atoms with E-state index >= 15 is 0 Å². The lowest BCUT2D eigenvalue weighted by molar-refractivity contribution is -0.140. The van der Waals surface area contributed by atoms with Crippen molar-refractivity contribution in [3.63, 3.8) is 0 Å². The molecule has 5 nitrogen and oxygen atoms in total. The maximum atomic E-state index is 11.4. The monoisotopic (exact) mass is 439 g/mol. The molecule has 1 aliphatic heterocycles. The van der Waals surface area contributed by atoms with Crippen molar-refractivity contribution in [2.75, 3.05) is 13.7 Å². The van der Waals surface area contributed by atoms with Gasteiger partial charge >= 0.3 is 5.97 Å². The number of nitrogens with zero attached hydrogens (tertiary/aromatic N) is 2. The minimum absolute atomic E-state index is 0.0163. The Morgan fingerprint density at radius 1 is 1.44 bits per heavy atom. The molecule has 0 spiro atoms. The molecule has 2 atom stereocenters. The zero-order chi connectivity index (χ0) is 17.8. The second-order valence-electron chi connectivity index (χ2n) is 5.64. The zero-order valence-corrected chi connectivity index (χ0v) is 16.9. The van der Waals surface area contributed by atoms with E-state index in [2.05, 4.69) is 37.2 Å². The van der Waals surface area contributed by atoms with E-state index in [0.29, 0.717) is 24.5 Å². The smallest absolute Gasteiger partial charge is 0.305 e. The molecule has 8 heteroatoms. The molecule has 0 aliphatic carbocycles. The maximum Gasteiger partial charge on any atom is 0.305 e. The van der Waals surface area contributed by atoms with Gasteiger partial charge in [-0.05, 0) is 58.8 Å². The van der Waals surface area contributed by atoms with E-state index in [1.54, 1.807) is 17.5 Å². The molecule has 3 heterocycles. The summed E-state index contributed by atoms with van der Waals surface area (Å²) in [6.07, 6.45) is 2.86. The molecule has 0 bridgehead atoms. The highest BCUT2D eigenvalue weighted by Gasteiger charge is 2.40. The number of rotatable bonds is 6. The van der Waals surface area contributed by atoms with Gasteiger partial charge in [0.15, 0.2) is 5.11 Å². The number of pyridine rings is 1. The molecule has 2 aromatic heterocycles. The molecule has 0 saturated carbocycles.